The summed E-state index contributed by atoms with van der Waals surface area (Å²) in [6.07, 6.45) is -0.793. The van der Waals surface area contributed by atoms with E-state index in [0.717, 1.165) is 6.54 Å². The number of hydrogen-bond donors (Lipinski definition) is 2. The molecule has 0 heterocycles. The van der Waals surface area contributed by atoms with Gasteiger partial charge in [0.25, 0.3) is 0 Å². The first kappa shape index (κ1) is 15.1. The van der Waals surface area contributed by atoms with Crippen LogP contribution < -0.4 is 5.32 Å². The van der Waals surface area contributed by atoms with Crippen LogP contribution in [0.5, 0.6) is 0 Å². The zero-order valence-electron chi connectivity index (χ0n) is 11.7. The molecule has 0 aliphatic heterocycles. The molecule has 0 amide bonds. The lowest BCUT2D eigenvalue weighted by molar-refractivity contribution is 0.162. The van der Waals surface area contributed by atoms with Crippen molar-refractivity contribution in [1.82, 2.24) is 5.32 Å². The van der Waals surface area contributed by atoms with E-state index in [1.165, 1.54) is 6.07 Å². The van der Waals surface area contributed by atoms with Gasteiger partial charge in [-0.15, -0.1) is 0 Å². The minimum absolute atomic E-state index is 0.232. The van der Waals surface area contributed by atoms with Crippen molar-refractivity contribution < 1.29 is 9.50 Å². The molecular formula is C15H24FNO. The van der Waals surface area contributed by atoms with Crippen LogP contribution in [0.2, 0.25) is 0 Å². The first-order chi connectivity index (χ1) is 8.32. The van der Waals surface area contributed by atoms with Gasteiger partial charge in [-0.1, -0.05) is 45.9 Å². The molecule has 1 rings (SSSR count). The Labute approximate surface area is 109 Å². The third kappa shape index (κ3) is 4.39. The summed E-state index contributed by atoms with van der Waals surface area (Å²) < 4.78 is 13.4. The maximum Gasteiger partial charge on any atom is 0.129 e. The molecule has 0 aliphatic carbocycles. The van der Waals surface area contributed by atoms with E-state index >= 15 is 0 Å². The predicted octanol–water partition coefficient (Wildman–Crippen LogP) is 3.13. The molecule has 0 radical (unpaired) electrons. The van der Waals surface area contributed by atoms with Crippen LogP contribution in [0.4, 0.5) is 4.39 Å². The summed E-state index contributed by atoms with van der Waals surface area (Å²) >= 11 is 0. The van der Waals surface area contributed by atoms with Gasteiger partial charge in [-0.2, -0.15) is 0 Å². The number of aliphatic hydroxyl groups excluding tert-OH is 1. The topological polar surface area (TPSA) is 32.3 Å². The maximum absolute atomic E-state index is 13.4. The van der Waals surface area contributed by atoms with Crippen LogP contribution in [0.3, 0.4) is 0 Å². The lowest BCUT2D eigenvalue weighted by Gasteiger charge is -2.27. The lowest BCUT2D eigenvalue weighted by atomic mass is 9.82. The summed E-state index contributed by atoms with van der Waals surface area (Å²) in [6, 6.07) is 6.35. The summed E-state index contributed by atoms with van der Waals surface area (Å²) in [6.45, 7) is 9.92. The summed E-state index contributed by atoms with van der Waals surface area (Å²) in [5.41, 5.74) is 0.587. The van der Waals surface area contributed by atoms with Crippen molar-refractivity contribution in [2.45, 2.75) is 33.8 Å². The minimum Gasteiger partial charge on any atom is -0.387 e. The highest BCUT2D eigenvalue weighted by Gasteiger charge is 2.20. The zero-order chi connectivity index (χ0) is 13.8. The van der Waals surface area contributed by atoms with Crippen molar-refractivity contribution in [2.24, 2.45) is 11.3 Å². The van der Waals surface area contributed by atoms with E-state index in [4.69, 9.17) is 0 Å². The van der Waals surface area contributed by atoms with Crippen LogP contribution in [0.15, 0.2) is 24.3 Å². The molecule has 1 aromatic carbocycles. The van der Waals surface area contributed by atoms with E-state index < -0.39 is 6.10 Å². The Morgan fingerprint density at radius 3 is 2.39 bits per heavy atom. The standard InChI is InChI=1S/C15H24FNO/c1-11(15(2,3)4)9-17-10-14(18)12-7-5-6-8-13(12)16/h5-8,11,14,17-18H,9-10H2,1-4H3. The summed E-state index contributed by atoms with van der Waals surface area (Å²) in [5.74, 6) is 0.140. The van der Waals surface area contributed by atoms with Gasteiger partial charge < -0.3 is 10.4 Å². The molecule has 0 bridgehead atoms. The molecule has 18 heavy (non-hydrogen) atoms. The van der Waals surface area contributed by atoms with Crippen LogP contribution >= 0.6 is 0 Å². The van der Waals surface area contributed by atoms with Crippen LogP contribution in [0.1, 0.15) is 39.4 Å². The Balaban J connectivity index is 2.43. The minimum atomic E-state index is -0.793. The van der Waals surface area contributed by atoms with E-state index in [-0.39, 0.29) is 11.2 Å². The molecule has 2 unspecified atom stereocenters. The summed E-state index contributed by atoms with van der Waals surface area (Å²) in [7, 11) is 0. The van der Waals surface area contributed by atoms with Gasteiger partial charge in [-0.3, -0.25) is 0 Å². The molecule has 2 nitrogen and oxygen atoms in total. The highest BCUT2D eigenvalue weighted by Crippen LogP contribution is 2.24. The predicted molar refractivity (Wildman–Crippen MR) is 72.8 cm³/mol. The fourth-order valence-electron chi connectivity index (χ4n) is 1.60. The highest BCUT2D eigenvalue weighted by atomic mass is 19.1. The van der Waals surface area contributed by atoms with Crippen LogP contribution in [0, 0.1) is 17.2 Å². The van der Waals surface area contributed by atoms with Gasteiger partial charge in [0.05, 0.1) is 6.10 Å². The Morgan fingerprint density at radius 1 is 1.22 bits per heavy atom. The highest BCUT2D eigenvalue weighted by molar-refractivity contribution is 5.19. The monoisotopic (exact) mass is 253 g/mol. The van der Waals surface area contributed by atoms with E-state index in [0.29, 0.717) is 18.0 Å². The third-order valence-corrected chi connectivity index (χ3v) is 3.53. The fraction of sp³-hybridized carbons (Fsp3) is 0.600. The van der Waals surface area contributed by atoms with Gasteiger partial charge in [-0.05, 0) is 23.9 Å². The van der Waals surface area contributed by atoms with E-state index in [9.17, 15) is 9.50 Å². The second kappa shape index (κ2) is 6.30. The molecule has 3 heteroatoms. The Bertz CT molecular complexity index is 373. The van der Waals surface area contributed by atoms with Crippen molar-refractivity contribution in [1.29, 1.82) is 0 Å². The van der Waals surface area contributed by atoms with Gasteiger partial charge in [-0.25, -0.2) is 4.39 Å². The summed E-state index contributed by atoms with van der Waals surface area (Å²) in [5, 5.41) is 13.1. The first-order valence-corrected chi connectivity index (χ1v) is 6.45. The smallest absolute Gasteiger partial charge is 0.129 e. The maximum atomic E-state index is 13.4. The molecule has 0 saturated carbocycles. The molecule has 0 aliphatic rings. The fourth-order valence-corrected chi connectivity index (χ4v) is 1.60. The van der Waals surface area contributed by atoms with Gasteiger partial charge in [0.15, 0.2) is 0 Å². The van der Waals surface area contributed by atoms with Crippen molar-refractivity contribution in [3.63, 3.8) is 0 Å². The summed E-state index contributed by atoms with van der Waals surface area (Å²) in [4.78, 5) is 0. The number of aliphatic hydroxyl groups is 1. The number of hydrogen-bond acceptors (Lipinski definition) is 2. The quantitative estimate of drug-likeness (QED) is 0.845. The Kier molecular flexibility index (Phi) is 5.29. The molecule has 1 aromatic rings. The van der Waals surface area contributed by atoms with E-state index in [2.05, 4.69) is 33.0 Å². The molecule has 0 aromatic heterocycles. The van der Waals surface area contributed by atoms with Gasteiger partial charge >= 0.3 is 0 Å². The van der Waals surface area contributed by atoms with E-state index in [1.807, 2.05) is 0 Å². The first-order valence-electron chi connectivity index (χ1n) is 6.45. The van der Waals surface area contributed by atoms with Gasteiger partial charge in [0, 0.05) is 12.1 Å². The average molecular weight is 253 g/mol. The number of benzene rings is 1. The van der Waals surface area contributed by atoms with Gasteiger partial charge in [0.2, 0.25) is 0 Å². The van der Waals surface area contributed by atoms with E-state index in [1.54, 1.807) is 18.2 Å². The largest absolute Gasteiger partial charge is 0.387 e. The van der Waals surface area contributed by atoms with Crippen LogP contribution in [-0.2, 0) is 0 Å². The lowest BCUT2D eigenvalue weighted by Crippen LogP contribution is -2.32. The zero-order valence-corrected chi connectivity index (χ0v) is 11.7. The molecule has 0 fully saturated rings. The van der Waals surface area contributed by atoms with Crippen molar-refractivity contribution in [2.75, 3.05) is 13.1 Å². The molecule has 2 atom stereocenters. The Hall–Kier alpha value is -0.930. The number of halogens is 1. The number of nitrogens with one attached hydrogen (secondary N) is 1. The number of rotatable bonds is 5. The van der Waals surface area contributed by atoms with Crippen molar-refractivity contribution >= 4 is 0 Å². The van der Waals surface area contributed by atoms with Gasteiger partial charge in [0.1, 0.15) is 5.82 Å². The Morgan fingerprint density at radius 2 is 1.83 bits per heavy atom. The SMILES string of the molecule is CC(CNCC(O)c1ccccc1F)C(C)(C)C. The second-order valence-electron chi connectivity index (χ2n) is 5.96. The molecule has 2 N–H and O–H groups in total. The third-order valence-electron chi connectivity index (χ3n) is 3.53. The molecular weight excluding hydrogens is 229 g/mol. The average Bonchev–Trinajstić information content (AvgIpc) is 2.28. The normalized spacial score (nSPS) is 15.4. The second-order valence-corrected chi connectivity index (χ2v) is 5.96. The molecule has 0 spiro atoms. The van der Waals surface area contributed by atoms with Crippen molar-refractivity contribution in [3.8, 4) is 0 Å². The van der Waals surface area contributed by atoms with Crippen LogP contribution in [-0.4, -0.2) is 18.2 Å². The van der Waals surface area contributed by atoms with Crippen LogP contribution in [0.25, 0.3) is 0 Å². The molecule has 102 valence electrons. The molecule has 0 saturated heterocycles. The van der Waals surface area contributed by atoms with Crippen molar-refractivity contribution in [3.05, 3.63) is 35.6 Å².